The van der Waals surface area contributed by atoms with E-state index < -0.39 is 5.91 Å². The molecule has 0 saturated carbocycles. The average molecular weight is 400 g/mol. The van der Waals surface area contributed by atoms with Crippen molar-refractivity contribution in [3.63, 3.8) is 0 Å². The molecule has 0 spiro atoms. The molecule has 0 saturated heterocycles. The topological polar surface area (TPSA) is 92.5 Å². The predicted molar refractivity (Wildman–Crippen MR) is 113 cm³/mol. The van der Waals surface area contributed by atoms with Crippen LogP contribution in [0.4, 0.5) is 0 Å². The van der Waals surface area contributed by atoms with Crippen LogP contribution in [0.1, 0.15) is 21.8 Å². The number of hydrazone groups is 1. The van der Waals surface area contributed by atoms with Crippen molar-refractivity contribution < 1.29 is 13.9 Å². The average Bonchev–Trinajstić information content (AvgIpc) is 3.47. The summed E-state index contributed by atoms with van der Waals surface area (Å²) >= 11 is 0. The zero-order valence-corrected chi connectivity index (χ0v) is 16.1. The summed E-state index contributed by atoms with van der Waals surface area (Å²) in [5.74, 6) is 0.944. The molecule has 7 nitrogen and oxygen atoms in total. The summed E-state index contributed by atoms with van der Waals surface area (Å²) < 4.78 is 10.9. The van der Waals surface area contributed by atoms with Gasteiger partial charge in [0.25, 0.3) is 5.91 Å². The maximum atomic E-state index is 12.2. The maximum Gasteiger partial charge on any atom is 0.289 e. The molecule has 4 rings (SSSR count). The lowest BCUT2D eigenvalue weighted by Gasteiger charge is -2.06. The smallest absolute Gasteiger partial charge is 0.289 e. The number of carbonyl (C=O) groups is 1. The molecule has 2 aromatic heterocycles. The first-order chi connectivity index (χ1) is 14.8. The number of ether oxygens (including phenoxy) is 1. The fourth-order valence-corrected chi connectivity index (χ4v) is 2.82. The van der Waals surface area contributed by atoms with Gasteiger partial charge in [-0.2, -0.15) is 10.2 Å². The Hall–Kier alpha value is -4.13. The molecule has 0 aliphatic carbocycles. The highest BCUT2D eigenvalue weighted by Crippen LogP contribution is 2.21. The Morgan fingerprint density at radius 1 is 1.10 bits per heavy atom. The number of furan rings is 1. The van der Waals surface area contributed by atoms with Gasteiger partial charge in [-0.1, -0.05) is 30.3 Å². The van der Waals surface area contributed by atoms with Gasteiger partial charge in [-0.3, -0.25) is 9.89 Å². The summed E-state index contributed by atoms with van der Waals surface area (Å²) in [4.78, 5) is 12.2. The molecule has 2 aromatic carbocycles. The molecule has 7 heteroatoms. The molecule has 0 aliphatic heterocycles. The molecule has 2 heterocycles. The molecule has 0 radical (unpaired) electrons. The number of hydrogen-bond acceptors (Lipinski definition) is 5. The molecular formula is C23H20N4O3. The fraction of sp³-hybridized carbons (Fsp3) is 0.0870. The van der Waals surface area contributed by atoms with Crippen molar-refractivity contribution in [3.8, 4) is 17.0 Å². The number of benzene rings is 2. The lowest BCUT2D eigenvalue weighted by atomic mass is 10.1. The van der Waals surface area contributed by atoms with Crippen molar-refractivity contribution in [2.45, 2.75) is 6.42 Å². The summed E-state index contributed by atoms with van der Waals surface area (Å²) in [6.45, 7) is 0.606. The number of nitrogens with one attached hydrogen (secondary N) is 2. The summed E-state index contributed by atoms with van der Waals surface area (Å²) in [5.41, 5.74) is 5.51. The molecule has 0 unspecified atom stereocenters. The van der Waals surface area contributed by atoms with E-state index >= 15 is 0 Å². The highest BCUT2D eigenvalue weighted by molar-refractivity contribution is 5.93. The van der Waals surface area contributed by atoms with Gasteiger partial charge in [0.1, 0.15) is 17.2 Å². The van der Waals surface area contributed by atoms with E-state index in [0.717, 1.165) is 17.7 Å². The first kappa shape index (κ1) is 19.2. The van der Waals surface area contributed by atoms with E-state index in [2.05, 4.69) is 32.9 Å². The van der Waals surface area contributed by atoms with E-state index in [4.69, 9.17) is 9.15 Å². The fourth-order valence-electron chi connectivity index (χ4n) is 2.82. The van der Waals surface area contributed by atoms with Crippen LogP contribution in [0.15, 0.2) is 88.6 Å². The second kappa shape index (κ2) is 9.38. The van der Waals surface area contributed by atoms with Gasteiger partial charge in [-0.15, -0.1) is 0 Å². The Morgan fingerprint density at radius 2 is 1.93 bits per heavy atom. The van der Waals surface area contributed by atoms with Gasteiger partial charge >= 0.3 is 0 Å². The summed E-state index contributed by atoms with van der Waals surface area (Å²) in [5, 5.41) is 10.8. The molecule has 0 fully saturated rings. The van der Waals surface area contributed by atoms with E-state index in [-0.39, 0.29) is 0 Å². The van der Waals surface area contributed by atoms with Gasteiger partial charge in [-0.25, -0.2) is 5.43 Å². The third kappa shape index (κ3) is 5.02. The normalized spacial score (nSPS) is 10.9. The number of H-pyrrole nitrogens is 1. The second-order valence-corrected chi connectivity index (χ2v) is 6.49. The third-order valence-corrected chi connectivity index (χ3v) is 4.38. The van der Waals surface area contributed by atoms with Gasteiger partial charge in [-0.05, 0) is 48.0 Å². The lowest BCUT2D eigenvalue weighted by Crippen LogP contribution is -2.17. The summed E-state index contributed by atoms with van der Waals surface area (Å²) in [6.07, 6.45) is 3.80. The Labute approximate surface area is 173 Å². The molecule has 30 heavy (non-hydrogen) atoms. The van der Waals surface area contributed by atoms with E-state index in [1.165, 1.54) is 18.0 Å². The molecule has 150 valence electrons. The van der Waals surface area contributed by atoms with Crippen LogP contribution in [0.2, 0.25) is 0 Å². The van der Waals surface area contributed by atoms with Crippen molar-refractivity contribution in [2.24, 2.45) is 5.10 Å². The number of aromatic amines is 1. The van der Waals surface area contributed by atoms with Gasteiger partial charge in [0.05, 0.1) is 24.8 Å². The molecule has 4 aromatic rings. The number of hydrogen-bond donors (Lipinski definition) is 2. The van der Waals surface area contributed by atoms with Gasteiger partial charge < -0.3 is 9.15 Å². The van der Waals surface area contributed by atoms with Crippen molar-refractivity contribution in [2.75, 3.05) is 6.61 Å². The highest BCUT2D eigenvalue weighted by atomic mass is 16.5. The van der Waals surface area contributed by atoms with Crippen molar-refractivity contribution >= 4 is 12.1 Å². The van der Waals surface area contributed by atoms with Crippen LogP contribution >= 0.6 is 0 Å². The lowest BCUT2D eigenvalue weighted by molar-refractivity contribution is 0.0950. The van der Waals surface area contributed by atoms with Crippen LogP contribution < -0.4 is 10.2 Å². The Kier molecular flexibility index (Phi) is 6.00. The number of amides is 1. The van der Waals surface area contributed by atoms with E-state index in [9.17, 15) is 4.79 Å². The van der Waals surface area contributed by atoms with Crippen molar-refractivity contribution in [1.82, 2.24) is 15.6 Å². The molecule has 0 aliphatic rings. The molecular weight excluding hydrogens is 380 g/mol. The standard InChI is InChI=1S/C23H20N4O3/c28-23(27-24-16-20-7-4-13-29-20)22-15-21(25-26-22)18-8-10-19(11-9-18)30-14-12-17-5-2-1-3-6-17/h1-11,13,15-16H,12,14H2,(H,25,26)(H,27,28)/b24-16+. The Morgan fingerprint density at radius 3 is 2.70 bits per heavy atom. The highest BCUT2D eigenvalue weighted by Gasteiger charge is 2.10. The first-order valence-electron chi connectivity index (χ1n) is 9.47. The first-order valence-corrected chi connectivity index (χ1v) is 9.47. The van der Waals surface area contributed by atoms with Crippen molar-refractivity contribution in [1.29, 1.82) is 0 Å². The van der Waals surface area contributed by atoms with Crippen LogP contribution in [0.25, 0.3) is 11.3 Å². The minimum absolute atomic E-state index is 0.310. The second-order valence-electron chi connectivity index (χ2n) is 6.49. The quantitative estimate of drug-likeness (QED) is 0.345. The largest absolute Gasteiger partial charge is 0.493 e. The van der Waals surface area contributed by atoms with Crippen LogP contribution in [0, 0.1) is 0 Å². The predicted octanol–water partition coefficient (Wildman–Crippen LogP) is 4.06. The number of carbonyl (C=O) groups excluding carboxylic acids is 1. The van der Waals surface area contributed by atoms with Crippen LogP contribution in [-0.4, -0.2) is 28.9 Å². The van der Waals surface area contributed by atoms with Crippen LogP contribution in [0.5, 0.6) is 5.75 Å². The molecule has 0 bridgehead atoms. The van der Waals surface area contributed by atoms with Crippen molar-refractivity contribution in [3.05, 3.63) is 96.1 Å². The summed E-state index contributed by atoms with van der Waals surface area (Å²) in [6, 6.07) is 23.0. The number of rotatable bonds is 8. The van der Waals surface area contributed by atoms with Gasteiger partial charge in [0.15, 0.2) is 0 Å². The Balaban J connectivity index is 1.31. The molecule has 2 N–H and O–H groups in total. The van der Waals surface area contributed by atoms with E-state index in [1.54, 1.807) is 18.2 Å². The monoisotopic (exact) mass is 400 g/mol. The summed E-state index contributed by atoms with van der Waals surface area (Å²) in [7, 11) is 0. The molecule has 1 amide bonds. The zero-order valence-electron chi connectivity index (χ0n) is 16.1. The van der Waals surface area contributed by atoms with Crippen LogP contribution in [0.3, 0.4) is 0 Å². The molecule has 0 atom stereocenters. The Bertz CT molecular complexity index is 1100. The zero-order chi connectivity index (χ0) is 20.6. The minimum Gasteiger partial charge on any atom is -0.493 e. The number of nitrogens with zero attached hydrogens (tertiary/aromatic N) is 2. The minimum atomic E-state index is -0.391. The number of aromatic nitrogens is 2. The third-order valence-electron chi connectivity index (χ3n) is 4.38. The maximum absolute atomic E-state index is 12.2. The van der Waals surface area contributed by atoms with Gasteiger partial charge in [0.2, 0.25) is 0 Å². The SMILES string of the molecule is O=C(N/N=C/c1ccco1)c1cc(-c2ccc(OCCc3ccccc3)cc2)n[nH]1. The van der Waals surface area contributed by atoms with Gasteiger partial charge in [0, 0.05) is 12.0 Å². The van der Waals surface area contributed by atoms with E-state index in [1.807, 2.05) is 42.5 Å². The van der Waals surface area contributed by atoms with E-state index in [0.29, 0.717) is 23.8 Å². The van der Waals surface area contributed by atoms with Crippen LogP contribution in [-0.2, 0) is 6.42 Å².